The Labute approximate surface area is 198 Å². The second-order valence-corrected chi connectivity index (χ2v) is 9.37. The van der Waals surface area contributed by atoms with E-state index in [0.717, 1.165) is 22.7 Å². The molecule has 1 saturated heterocycles. The van der Waals surface area contributed by atoms with Crippen LogP contribution in [0.25, 0.3) is 5.69 Å². The molecule has 0 saturated carbocycles. The first-order valence-corrected chi connectivity index (χ1v) is 11.4. The van der Waals surface area contributed by atoms with Crippen LogP contribution in [0.3, 0.4) is 0 Å². The SMILES string of the molecule is Cc1cc(C(=O)N2CCC3(CC2)Oc2ccccc2-n2c(C#N)ccc23)ccc1[C@@](C)(O)CO. The van der Waals surface area contributed by atoms with Crippen molar-refractivity contribution in [1.29, 1.82) is 5.26 Å². The topological polar surface area (TPSA) is 98.7 Å². The van der Waals surface area contributed by atoms with Gasteiger partial charge in [0, 0.05) is 31.5 Å². The zero-order valence-electron chi connectivity index (χ0n) is 19.3. The highest BCUT2D eigenvalue weighted by molar-refractivity contribution is 5.94. The largest absolute Gasteiger partial charge is 0.479 e. The smallest absolute Gasteiger partial charge is 0.253 e. The Morgan fingerprint density at radius 3 is 2.59 bits per heavy atom. The molecule has 34 heavy (non-hydrogen) atoms. The second kappa shape index (κ2) is 8.01. The maximum atomic E-state index is 13.3. The van der Waals surface area contributed by atoms with E-state index in [0.29, 0.717) is 42.8 Å². The molecule has 2 aliphatic rings. The van der Waals surface area contributed by atoms with Crippen molar-refractivity contribution in [1.82, 2.24) is 9.47 Å². The number of hydrogen-bond acceptors (Lipinski definition) is 5. The van der Waals surface area contributed by atoms with Gasteiger partial charge in [-0.1, -0.05) is 18.2 Å². The number of amides is 1. The van der Waals surface area contributed by atoms with Crippen LogP contribution in [0.1, 0.15) is 52.6 Å². The van der Waals surface area contributed by atoms with Crippen molar-refractivity contribution in [3.8, 4) is 17.5 Å². The van der Waals surface area contributed by atoms with Crippen LogP contribution < -0.4 is 4.74 Å². The molecule has 1 aromatic heterocycles. The van der Waals surface area contributed by atoms with Gasteiger partial charge in [-0.3, -0.25) is 9.36 Å². The summed E-state index contributed by atoms with van der Waals surface area (Å²) in [5.41, 5.74) is 2.34. The number of nitrogens with zero attached hydrogens (tertiary/aromatic N) is 3. The molecule has 1 fully saturated rings. The van der Waals surface area contributed by atoms with Crippen molar-refractivity contribution < 1.29 is 19.7 Å². The zero-order chi connectivity index (χ0) is 24.1. The molecular weight excluding hydrogens is 430 g/mol. The fraction of sp³-hybridized carbons (Fsp3) is 0.333. The molecule has 2 aliphatic heterocycles. The summed E-state index contributed by atoms with van der Waals surface area (Å²) in [6.45, 7) is 4.02. The maximum absolute atomic E-state index is 13.3. The van der Waals surface area contributed by atoms with E-state index in [-0.39, 0.29) is 5.91 Å². The van der Waals surface area contributed by atoms with Crippen molar-refractivity contribution in [2.45, 2.75) is 37.9 Å². The minimum atomic E-state index is -1.35. The van der Waals surface area contributed by atoms with Gasteiger partial charge in [0.25, 0.3) is 5.91 Å². The quantitative estimate of drug-likeness (QED) is 0.628. The Kier molecular flexibility index (Phi) is 5.23. The van der Waals surface area contributed by atoms with E-state index in [2.05, 4.69) is 6.07 Å². The van der Waals surface area contributed by atoms with Crippen molar-refractivity contribution >= 4 is 5.91 Å². The molecule has 0 bridgehead atoms. The molecule has 174 valence electrons. The molecule has 1 spiro atoms. The van der Waals surface area contributed by atoms with Gasteiger partial charge in [-0.2, -0.15) is 5.26 Å². The van der Waals surface area contributed by atoms with Crippen LogP contribution in [0.5, 0.6) is 5.75 Å². The van der Waals surface area contributed by atoms with Crippen LogP contribution in [0, 0.1) is 18.3 Å². The van der Waals surface area contributed by atoms with E-state index in [1.807, 2.05) is 52.8 Å². The summed E-state index contributed by atoms with van der Waals surface area (Å²) in [7, 11) is 0. The van der Waals surface area contributed by atoms with Gasteiger partial charge in [-0.25, -0.2) is 0 Å². The Balaban J connectivity index is 1.39. The zero-order valence-corrected chi connectivity index (χ0v) is 19.3. The van der Waals surface area contributed by atoms with Gasteiger partial charge in [0.2, 0.25) is 0 Å². The number of rotatable bonds is 3. The lowest BCUT2D eigenvalue weighted by Crippen LogP contribution is -2.50. The predicted octanol–water partition coefficient (Wildman–Crippen LogP) is 3.38. The molecular formula is C27H27N3O4. The van der Waals surface area contributed by atoms with Crippen molar-refractivity contribution in [3.05, 3.63) is 82.7 Å². The number of likely N-dealkylation sites (tertiary alicyclic amines) is 1. The summed E-state index contributed by atoms with van der Waals surface area (Å²) in [6, 6.07) is 19.0. The van der Waals surface area contributed by atoms with Crippen LogP contribution in [0.2, 0.25) is 0 Å². The molecule has 0 unspecified atom stereocenters. The van der Waals surface area contributed by atoms with Crippen molar-refractivity contribution in [2.24, 2.45) is 0 Å². The molecule has 7 heteroatoms. The lowest BCUT2D eigenvalue weighted by atomic mass is 9.86. The summed E-state index contributed by atoms with van der Waals surface area (Å²) < 4.78 is 8.52. The van der Waals surface area contributed by atoms with Gasteiger partial charge < -0.3 is 19.8 Å². The highest BCUT2D eigenvalue weighted by Gasteiger charge is 2.45. The molecule has 2 aromatic carbocycles. The molecule has 3 aromatic rings. The first-order chi connectivity index (χ1) is 16.3. The number of aromatic nitrogens is 1. The second-order valence-electron chi connectivity index (χ2n) is 9.37. The van der Waals surface area contributed by atoms with E-state index >= 15 is 0 Å². The molecule has 0 aliphatic carbocycles. The average molecular weight is 458 g/mol. The van der Waals surface area contributed by atoms with Gasteiger partial charge in [-0.05, 0) is 61.4 Å². The lowest BCUT2D eigenvalue weighted by molar-refractivity contribution is -0.00948. The van der Waals surface area contributed by atoms with E-state index in [4.69, 9.17) is 4.74 Å². The van der Waals surface area contributed by atoms with Gasteiger partial charge in [0.1, 0.15) is 23.1 Å². The number of aliphatic hydroxyl groups is 2. The van der Waals surface area contributed by atoms with Gasteiger partial charge in [-0.15, -0.1) is 0 Å². The van der Waals surface area contributed by atoms with Crippen LogP contribution in [-0.2, 0) is 11.2 Å². The van der Waals surface area contributed by atoms with E-state index in [9.17, 15) is 20.3 Å². The third kappa shape index (κ3) is 3.38. The molecule has 1 atom stereocenters. The third-order valence-electron chi connectivity index (χ3n) is 7.09. The van der Waals surface area contributed by atoms with E-state index in [1.165, 1.54) is 0 Å². The minimum Gasteiger partial charge on any atom is -0.479 e. The molecule has 5 rings (SSSR count). The number of ether oxygens (including phenoxy) is 1. The normalized spacial score (nSPS) is 17.8. The van der Waals surface area contributed by atoms with Gasteiger partial charge >= 0.3 is 0 Å². The molecule has 0 radical (unpaired) electrons. The molecule has 2 N–H and O–H groups in total. The summed E-state index contributed by atoms with van der Waals surface area (Å²) in [5.74, 6) is 0.669. The van der Waals surface area contributed by atoms with Crippen molar-refractivity contribution in [3.63, 3.8) is 0 Å². The highest BCUT2D eigenvalue weighted by atomic mass is 16.5. The summed E-state index contributed by atoms with van der Waals surface area (Å²) in [6.07, 6.45) is 1.22. The number of piperidine rings is 1. The summed E-state index contributed by atoms with van der Waals surface area (Å²) in [4.78, 5) is 15.1. The molecule has 3 heterocycles. The minimum absolute atomic E-state index is 0.0718. The third-order valence-corrected chi connectivity index (χ3v) is 7.09. The van der Waals surface area contributed by atoms with Crippen molar-refractivity contribution in [2.75, 3.05) is 19.7 Å². The number of para-hydroxylation sites is 2. The monoisotopic (exact) mass is 457 g/mol. The molecule has 7 nitrogen and oxygen atoms in total. The highest BCUT2D eigenvalue weighted by Crippen LogP contribution is 2.46. The van der Waals surface area contributed by atoms with Crippen LogP contribution in [-0.4, -0.2) is 45.3 Å². The number of carbonyl (C=O) groups is 1. The maximum Gasteiger partial charge on any atom is 0.253 e. The van der Waals surface area contributed by atoms with Gasteiger partial charge in [0.05, 0.1) is 18.0 Å². The number of fused-ring (bicyclic) bond motifs is 4. The Morgan fingerprint density at radius 1 is 1.18 bits per heavy atom. The average Bonchev–Trinajstić information content (AvgIpc) is 3.30. The van der Waals surface area contributed by atoms with Crippen LogP contribution >= 0.6 is 0 Å². The number of hydrogen-bond donors (Lipinski definition) is 2. The number of nitriles is 1. The Bertz CT molecular complexity index is 1310. The van der Waals surface area contributed by atoms with Gasteiger partial charge in [0.15, 0.2) is 5.60 Å². The van der Waals surface area contributed by atoms with E-state index < -0.39 is 17.8 Å². The summed E-state index contributed by atoms with van der Waals surface area (Å²) in [5, 5.41) is 29.5. The fourth-order valence-electron chi connectivity index (χ4n) is 5.23. The number of carbonyl (C=O) groups excluding carboxylic acids is 1. The Hall–Kier alpha value is -3.60. The fourth-order valence-corrected chi connectivity index (χ4v) is 5.23. The first-order valence-electron chi connectivity index (χ1n) is 11.4. The molecule has 1 amide bonds. The summed E-state index contributed by atoms with van der Waals surface area (Å²) >= 11 is 0. The van der Waals surface area contributed by atoms with Crippen LogP contribution in [0.4, 0.5) is 0 Å². The first kappa shape index (κ1) is 22.2. The number of benzene rings is 2. The Morgan fingerprint density at radius 2 is 1.91 bits per heavy atom. The number of aliphatic hydroxyl groups excluding tert-OH is 1. The van der Waals surface area contributed by atoms with Crippen LogP contribution in [0.15, 0.2) is 54.6 Å². The van der Waals surface area contributed by atoms with E-state index in [1.54, 1.807) is 25.1 Å². The lowest BCUT2D eigenvalue weighted by Gasteiger charge is -2.45. The predicted molar refractivity (Wildman–Crippen MR) is 126 cm³/mol. The standard InChI is InChI=1S/C27H27N3O4/c1-18-15-19(7-9-21(18)26(2,33)17-31)25(32)29-13-11-27(12-14-29)24-10-8-20(16-28)30(24)22-5-3-4-6-23(22)34-27/h3-10,15,31,33H,11-14,17H2,1-2H3/t26-/m0/s1. The number of aryl methyl sites for hydroxylation is 1.